The van der Waals surface area contributed by atoms with Crippen molar-refractivity contribution in [3.8, 4) is 5.75 Å². The SMILES string of the molecule is COc1ccc(S(=O)(=O)NCCC(=O)Nc2ccc(Br)c(C)c2)cc1. The Kier molecular flexibility index (Phi) is 6.57. The molecule has 2 rings (SSSR count). The number of carbonyl (C=O) groups excluding carboxylic acids is 1. The van der Waals surface area contributed by atoms with Gasteiger partial charge < -0.3 is 10.1 Å². The highest BCUT2D eigenvalue weighted by molar-refractivity contribution is 9.10. The minimum absolute atomic E-state index is 0.00963. The summed E-state index contributed by atoms with van der Waals surface area (Å²) in [5, 5.41) is 2.74. The number of halogens is 1. The van der Waals surface area contributed by atoms with Crippen LogP contribution in [0.25, 0.3) is 0 Å². The second-order valence-electron chi connectivity index (χ2n) is 5.34. The first-order valence-corrected chi connectivity index (χ1v) is 9.79. The average molecular weight is 427 g/mol. The van der Waals surface area contributed by atoms with Crippen molar-refractivity contribution in [1.29, 1.82) is 0 Å². The van der Waals surface area contributed by atoms with Crippen LogP contribution in [0.2, 0.25) is 0 Å². The summed E-state index contributed by atoms with van der Waals surface area (Å²) in [7, 11) is -2.15. The number of hydrogen-bond donors (Lipinski definition) is 2. The molecule has 0 saturated carbocycles. The van der Waals surface area contributed by atoms with Gasteiger partial charge in [0.1, 0.15) is 5.75 Å². The van der Waals surface area contributed by atoms with E-state index in [0.29, 0.717) is 11.4 Å². The normalized spacial score (nSPS) is 11.2. The summed E-state index contributed by atoms with van der Waals surface area (Å²) in [6.45, 7) is 1.93. The summed E-state index contributed by atoms with van der Waals surface area (Å²) >= 11 is 3.39. The topological polar surface area (TPSA) is 84.5 Å². The van der Waals surface area contributed by atoms with Gasteiger partial charge in [-0.2, -0.15) is 0 Å². The van der Waals surface area contributed by atoms with Crippen LogP contribution in [0.4, 0.5) is 5.69 Å². The number of anilines is 1. The van der Waals surface area contributed by atoms with Gasteiger partial charge in [-0.15, -0.1) is 0 Å². The molecular weight excluding hydrogens is 408 g/mol. The van der Waals surface area contributed by atoms with Crippen molar-refractivity contribution in [1.82, 2.24) is 4.72 Å². The van der Waals surface area contributed by atoms with Crippen molar-refractivity contribution in [2.45, 2.75) is 18.2 Å². The Morgan fingerprint density at radius 3 is 2.44 bits per heavy atom. The predicted octanol–water partition coefficient (Wildman–Crippen LogP) is 3.07. The summed E-state index contributed by atoms with van der Waals surface area (Å²) < 4.78 is 32.7. The zero-order valence-electron chi connectivity index (χ0n) is 13.9. The molecule has 134 valence electrons. The fourth-order valence-electron chi connectivity index (χ4n) is 2.08. The lowest BCUT2D eigenvalue weighted by Gasteiger charge is -2.09. The molecule has 0 bridgehead atoms. The molecule has 0 saturated heterocycles. The maximum atomic E-state index is 12.2. The van der Waals surface area contributed by atoms with E-state index in [1.807, 2.05) is 19.1 Å². The second kappa shape index (κ2) is 8.46. The lowest BCUT2D eigenvalue weighted by atomic mass is 10.2. The minimum Gasteiger partial charge on any atom is -0.497 e. The Morgan fingerprint density at radius 2 is 1.84 bits per heavy atom. The van der Waals surface area contributed by atoms with Crippen molar-refractivity contribution in [3.05, 3.63) is 52.5 Å². The molecule has 2 aromatic rings. The quantitative estimate of drug-likeness (QED) is 0.712. The largest absolute Gasteiger partial charge is 0.497 e. The van der Waals surface area contributed by atoms with Crippen LogP contribution in [0, 0.1) is 6.92 Å². The fraction of sp³-hybridized carbons (Fsp3) is 0.235. The lowest BCUT2D eigenvalue weighted by molar-refractivity contribution is -0.116. The number of nitrogens with one attached hydrogen (secondary N) is 2. The molecule has 0 aliphatic rings. The van der Waals surface area contributed by atoms with Crippen LogP contribution < -0.4 is 14.8 Å². The van der Waals surface area contributed by atoms with Crippen molar-refractivity contribution < 1.29 is 17.9 Å². The van der Waals surface area contributed by atoms with Gasteiger partial charge in [0.2, 0.25) is 15.9 Å². The van der Waals surface area contributed by atoms with Crippen LogP contribution in [0.5, 0.6) is 5.75 Å². The summed E-state index contributed by atoms with van der Waals surface area (Å²) in [4.78, 5) is 12.1. The third-order valence-corrected chi connectivity index (χ3v) is 5.82. The monoisotopic (exact) mass is 426 g/mol. The number of rotatable bonds is 7. The Hall–Kier alpha value is -1.90. The number of amides is 1. The number of carbonyl (C=O) groups is 1. The third kappa shape index (κ3) is 5.55. The molecular formula is C17H19BrN2O4S. The van der Waals surface area contributed by atoms with E-state index in [4.69, 9.17) is 4.74 Å². The molecule has 25 heavy (non-hydrogen) atoms. The summed E-state index contributed by atoms with van der Waals surface area (Å²) in [6.07, 6.45) is 0.0322. The first-order valence-electron chi connectivity index (χ1n) is 7.51. The van der Waals surface area contributed by atoms with Crippen LogP contribution in [-0.4, -0.2) is 28.0 Å². The molecule has 2 aromatic carbocycles. The molecule has 2 N–H and O–H groups in total. The van der Waals surface area contributed by atoms with Gasteiger partial charge in [-0.3, -0.25) is 4.79 Å². The summed E-state index contributed by atoms with van der Waals surface area (Å²) in [6, 6.07) is 11.5. The highest BCUT2D eigenvalue weighted by Crippen LogP contribution is 2.20. The van der Waals surface area contributed by atoms with Crippen molar-refractivity contribution in [3.63, 3.8) is 0 Å². The predicted molar refractivity (Wildman–Crippen MR) is 100 cm³/mol. The minimum atomic E-state index is -3.66. The highest BCUT2D eigenvalue weighted by atomic mass is 79.9. The van der Waals surface area contributed by atoms with Crippen LogP contribution in [-0.2, 0) is 14.8 Å². The first-order chi connectivity index (χ1) is 11.8. The lowest BCUT2D eigenvalue weighted by Crippen LogP contribution is -2.27. The van der Waals surface area contributed by atoms with E-state index in [9.17, 15) is 13.2 Å². The zero-order chi connectivity index (χ0) is 18.4. The highest BCUT2D eigenvalue weighted by Gasteiger charge is 2.14. The van der Waals surface area contributed by atoms with Gasteiger partial charge in [-0.1, -0.05) is 15.9 Å². The zero-order valence-corrected chi connectivity index (χ0v) is 16.3. The van der Waals surface area contributed by atoms with Crippen molar-refractivity contribution in [2.24, 2.45) is 0 Å². The molecule has 8 heteroatoms. The fourth-order valence-corrected chi connectivity index (χ4v) is 3.36. The van der Waals surface area contributed by atoms with Crippen LogP contribution in [0.15, 0.2) is 51.8 Å². The Balaban J connectivity index is 1.87. The Bertz CT molecular complexity index is 851. The number of ether oxygens (including phenoxy) is 1. The van der Waals surface area contributed by atoms with Gasteiger partial charge in [0.15, 0.2) is 0 Å². The van der Waals surface area contributed by atoms with E-state index in [-0.39, 0.29) is 23.8 Å². The van der Waals surface area contributed by atoms with E-state index in [1.165, 1.54) is 19.2 Å². The van der Waals surface area contributed by atoms with E-state index >= 15 is 0 Å². The van der Waals surface area contributed by atoms with E-state index in [2.05, 4.69) is 26.0 Å². The summed E-state index contributed by atoms with van der Waals surface area (Å²) in [5.41, 5.74) is 1.67. The van der Waals surface area contributed by atoms with E-state index < -0.39 is 10.0 Å². The number of sulfonamides is 1. The van der Waals surface area contributed by atoms with Crippen LogP contribution >= 0.6 is 15.9 Å². The van der Waals surface area contributed by atoms with Crippen molar-refractivity contribution >= 4 is 37.5 Å². The Morgan fingerprint density at radius 1 is 1.16 bits per heavy atom. The Labute approximate surface area is 155 Å². The molecule has 0 atom stereocenters. The first kappa shape index (κ1) is 19.4. The van der Waals surface area contributed by atoms with E-state index in [1.54, 1.807) is 18.2 Å². The number of aryl methyl sites for hydroxylation is 1. The van der Waals surface area contributed by atoms with Crippen LogP contribution in [0.1, 0.15) is 12.0 Å². The molecule has 0 heterocycles. The number of methoxy groups -OCH3 is 1. The van der Waals surface area contributed by atoms with Crippen molar-refractivity contribution in [2.75, 3.05) is 19.0 Å². The molecule has 6 nitrogen and oxygen atoms in total. The molecule has 0 aliphatic carbocycles. The maximum absolute atomic E-state index is 12.2. The van der Waals surface area contributed by atoms with Gasteiger partial charge in [0.05, 0.1) is 12.0 Å². The number of hydrogen-bond acceptors (Lipinski definition) is 4. The van der Waals surface area contributed by atoms with Crippen LogP contribution in [0.3, 0.4) is 0 Å². The third-order valence-electron chi connectivity index (χ3n) is 3.46. The molecule has 0 radical (unpaired) electrons. The smallest absolute Gasteiger partial charge is 0.240 e. The second-order valence-corrected chi connectivity index (χ2v) is 7.96. The van der Waals surface area contributed by atoms with Gasteiger partial charge in [0.25, 0.3) is 0 Å². The number of benzene rings is 2. The molecule has 0 unspecified atom stereocenters. The van der Waals surface area contributed by atoms with E-state index in [0.717, 1.165) is 10.0 Å². The average Bonchev–Trinajstić information content (AvgIpc) is 2.58. The molecule has 0 aromatic heterocycles. The van der Waals surface area contributed by atoms with Gasteiger partial charge in [-0.25, -0.2) is 13.1 Å². The molecule has 0 fully saturated rings. The molecule has 1 amide bonds. The summed E-state index contributed by atoms with van der Waals surface area (Å²) in [5.74, 6) is 0.308. The molecule has 0 aliphatic heterocycles. The standard InChI is InChI=1S/C17H19BrN2O4S/c1-12-11-13(3-8-16(12)18)20-17(21)9-10-19-25(22,23)15-6-4-14(24-2)5-7-15/h3-8,11,19H,9-10H2,1-2H3,(H,20,21). The van der Waals surface area contributed by atoms with Gasteiger partial charge >= 0.3 is 0 Å². The van der Waals surface area contributed by atoms with Gasteiger partial charge in [0, 0.05) is 23.1 Å². The molecule has 0 spiro atoms. The van der Waals surface area contributed by atoms with Gasteiger partial charge in [-0.05, 0) is 55.0 Å². The maximum Gasteiger partial charge on any atom is 0.240 e.